The van der Waals surface area contributed by atoms with Crippen LogP contribution in [0, 0.1) is 6.92 Å². The zero-order chi connectivity index (χ0) is 25.3. The van der Waals surface area contributed by atoms with E-state index >= 15 is 0 Å². The lowest BCUT2D eigenvalue weighted by Gasteiger charge is -2.52. The molecule has 0 N–H and O–H groups in total. The van der Waals surface area contributed by atoms with Crippen molar-refractivity contribution in [2.45, 2.75) is 56.8 Å². The molecule has 2 aromatic rings. The Morgan fingerprint density at radius 2 is 1.77 bits per heavy atom. The molecule has 2 fully saturated rings. The molecule has 2 aliphatic rings. The minimum Gasteiger partial charge on any atom is -0.497 e. The van der Waals surface area contributed by atoms with Crippen LogP contribution in [0.2, 0.25) is 0 Å². The highest BCUT2D eigenvalue weighted by Gasteiger charge is 2.49. The normalized spacial score (nSPS) is 21.8. The van der Waals surface area contributed by atoms with Crippen LogP contribution in [0.15, 0.2) is 47.4 Å². The van der Waals surface area contributed by atoms with Crippen LogP contribution in [0.5, 0.6) is 11.5 Å². The number of carbonyl (C=O) groups excluding carboxylic acids is 2. The molecule has 2 aromatic carbocycles. The van der Waals surface area contributed by atoms with Crippen LogP contribution in [0.4, 0.5) is 0 Å². The van der Waals surface area contributed by atoms with Crippen molar-refractivity contribution < 1.29 is 23.3 Å². The molecule has 2 aliphatic heterocycles. The molecule has 188 valence electrons. The summed E-state index contributed by atoms with van der Waals surface area (Å²) in [6.07, 6.45) is 0.0816. The van der Waals surface area contributed by atoms with E-state index in [0.29, 0.717) is 30.2 Å². The van der Waals surface area contributed by atoms with E-state index in [1.807, 2.05) is 67.5 Å². The van der Waals surface area contributed by atoms with E-state index in [1.165, 1.54) is 0 Å². The first-order valence-corrected chi connectivity index (χ1v) is 12.9. The quantitative estimate of drug-likeness (QED) is 0.585. The molecule has 4 rings (SSSR count). The van der Waals surface area contributed by atoms with Crippen molar-refractivity contribution in [1.29, 1.82) is 0 Å². The Labute approximate surface area is 209 Å². The summed E-state index contributed by atoms with van der Waals surface area (Å²) in [5.41, 5.74) is 1.90. The first kappa shape index (κ1) is 25.2. The van der Waals surface area contributed by atoms with Gasteiger partial charge in [0.1, 0.15) is 34.7 Å². The van der Waals surface area contributed by atoms with Crippen molar-refractivity contribution in [1.82, 2.24) is 14.1 Å². The van der Waals surface area contributed by atoms with Crippen molar-refractivity contribution >= 4 is 22.8 Å². The summed E-state index contributed by atoms with van der Waals surface area (Å²) in [4.78, 5) is 30.8. The molecule has 2 saturated heterocycles. The average Bonchev–Trinajstić information content (AvgIpc) is 2.85. The molecule has 35 heavy (non-hydrogen) atoms. The van der Waals surface area contributed by atoms with E-state index < -0.39 is 23.2 Å². The van der Waals surface area contributed by atoms with Crippen LogP contribution in [0.3, 0.4) is 0 Å². The molecule has 0 spiro atoms. The maximum Gasteiger partial charge on any atom is 0.246 e. The number of nitrogens with zero attached hydrogens (tertiary/aromatic N) is 3. The second-order valence-corrected chi connectivity index (χ2v) is 10.6. The number of carbonyl (C=O) groups is 2. The van der Waals surface area contributed by atoms with E-state index in [1.54, 1.807) is 24.0 Å². The van der Waals surface area contributed by atoms with Crippen LogP contribution >= 0.6 is 0 Å². The van der Waals surface area contributed by atoms with Gasteiger partial charge in [-0.2, -0.15) is 4.31 Å². The number of hydrogen-bond donors (Lipinski definition) is 0. The van der Waals surface area contributed by atoms with Crippen molar-refractivity contribution in [3.05, 3.63) is 53.6 Å². The van der Waals surface area contributed by atoms with Gasteiger partial charge in [-0.3, -0.25) is 9.59 Å². The molecule has 3 atom stereocenters. The Morgan fingerprint density at radius 1 is 1.06 bits per heavy atom. The molecular formula is C26H33N3O5S. The third-order valence-corrected chi connectivity index (χ3v) is 8.23. The number of methoxy groups -OCH3 is 2. The summed E-state index contributed by atoms with van der Waals surface area (Å²) in [7, 11) is 1.59. The maximum atomic E-state index is 13.9. The Hall–Kier alpha value is -2.91. The molecule has 0 radical (unpaired) electrons. The molecule has 0 aromatic heterocycles. The van der Waals surface area contributed by atoms with Crippen molar-refractivity contribution in [3.8, 4) is 11.5 Å². The Kier molecular flexibility index (Phi) is 7.47. The first-order chi connectivity index (χ1) is 16.7. The average molecular weight is 500 g/mol. The lowest BCUT2D eigenvalue weighted by molar-refractivity contribution is -0.166. The number of amides is 2. The van der Waals surface area contributed by atoms with E-state index in [4.69, 9.17) is 9.47 Å². The Balaban J connectivity index is 1.71. The molecule has 2 heterocycles. The number of benzene rings is 2. The highest BCUT2D eigenvalue weighted by atomic mass is 32.2. The highest BCUT2D eigenvalue weighted by Crippen LogP contribution is 2.33. The first-order valence-electron chi connectivity index (χ1n) is 11.8. The fourth-order valence-electron chi connectivity index (χ4n) is 4.80. The molecule has 0 bridgehead atoms. The summed E-state index contributed by atoms with van der Waals surface area (Å²) in [6.45, 7) is 6.53. The largest absolute Gasteiger partial charge is 0.497 e. The third-order valence-electron chi connectivity index (χ3n) is 6.68. The predicted octanol–water partition coefficient (Wildman–Crippen LogP) is 2.76. The fraction of sp³-hybridized carbons (Fsp3) is 0.462. The van der Waals surface area contributed by atoms with Crippen LogP contribution < -0.4 is 9.47 Å². The number of fused-ring (bicyclic) bond motifs is 1. The number of piperazine rings is 1. The summed E-state index contributed by atoms with van der Waals surface area (Å²) in [5.74, 6) is 1.10. The van der Waals surface area contributed by atoms with Gasteiger partial charge in [-0.25, -0.2) is 4.21 Å². The fourth-order valence-corrected chi connectivity index (χ4v) is 6.31. The maximum absolute atomic E-state index is 13.9. The van der Waals surface area contributed by atoms with Gasteiger partial charge >= 0.3 is 0 Å². The molecule has 3 unspecified atom stereocenters. The Bertz CT molecular complexity index is 1120. The second kappa shape index (κ2) is 10.4. The predicted molar refractivity (Wildman–Crippen MR) is 133 cm³/mol. The van der Waals surface area contributed by atoms with E-state index in [2.05, 4.69) is 0 Å². The summed E-state index contributed by atoms with van der Waals surface area (Å²) in [6, 6.07) is 12.4. The van der Waals surface area contributed by atoms with Crippen LogP contribution in [0.1, 0.15) is 31.4 Å². The zero-order valence-electron chi connectivity index (χ0n) is 20.9. The van der Waals surface area contributed by atoms with Gasteiger partial charge in [-0.1, -0.05) is 18.2 Å². The highest BCUT2D eigenvalue weighted by molar-refractivity contribution is 7.82. The van der Waals surface area contributed by atoms with Gasteiger partial charge in [-0.15, -0.1) is 0 Å². The van der Waals surface area contributed by atoms with E-state index in [9.17, 15) is 13.8 Å². The minimum atomic E-state index is -1.57. The van der Waals surface area contributed by atoms with E-state index in [0.717, 1.165) is 16.9 Å². The standard InChI is InChI=1S/C26H33N3O5S/c1-17(2)27-16-24-28(35(32)23-14-18(3)6-11-22(23)34-5)13-12-25(30)29(24)21(26(27)31)15-19-7-9-20(33-4)10-8-19/h6-11,14,17,21,24H,12-13,15-16H2,1-5H3. The second-order valence-electron chi connectivity index (χ2n) is 9.23. The Morgan fingerprint density at radius 3 is 2.40 bits per heavy atom. The molecule has 9 heteroatoms. The van der Waals surface area contributed by atoms with Crippen LogP contribution in [-0.4, -0.2) is 75.7 Å². The topological polar surface area (TPSA) is 79.4 Å². The SMILES string of the molecule is COc1ccc(CC2C(=O)N(C(C)C)CC3N2C(=O)CCN3S(=O)c2cc(C)ccc2OC)cc1. The summed E-state index contributed by atoms with van der Waals surface area (Å²) in [5, 5.41) is 0. The van der Waals surface area contributed by atoms with E-state index in [-0.39, 0.29) is 24.3 Å². The molecule has 8 nitrogen and oxygen atoms in total. The molecule has 0 saturated carbocycles. The van der Waals surface area contributed by atoms with Crippen LogP contribution in [-0.2, 0) is 27.0 Å². The number of ether oxygens (including phenoxy) is 2. The number of hydrogen-bond acceptors (Lipinski definition) is 5. The monoisotopic (exact) mass is 499 g/mol. The molecule has 2 amide bonds. The van der Waals surface area contributed by atoms with Crippen molar-refractivity contribution in [2.75, 3.05) is 27.3 Å². The van der Waals surface area contributed by atoms with Gasteiger partial charge in [0.2, 0.25) is 11.8 Å². The van der Waals surface area contributed by atoms with Gasteiger partial charge < -0.3 is 19.3 Å². The minimum absolute atomic E-state index is 0.0520. The number of rotatable bonds is 7. The lowest BCUT2D eigenvalue weighted by atomic mass is 9.97. The molecule has 0 aliphatic carbocycles. The van der Waals surface area contributed by atoms with Gasteiger partial charge in [0.05, 0.1) is 25.7 Å². The van der Waals surface area contributed by atoms with Crippen molar-refractivity contribution in [2.24, 2.45) is 0 Å². The van der Waals surface area contributed by atoms with Gasteiger partial charge in [0.25, 0.3) is 0 Å². The summed E-state index contributed by atoms with van der Waals surface area (Å²) < 4.78 is 26.5. The lowest BCUT2D eigenvalue weighted by Crippen LogP contribution is -2.71. The van der Waals surface area contributed by atoms with Crippen molar-refractivity contribution in [3.63, 3.8) is 0 Å². The van der Waals surface area contributed by atoms with Gasteiger partial charge in [-0.05, 0) is 56.2 Å². The zero-order valence-corrected chi connectivity index (χ0v) is 21.7. The number of aryl methyl sites for hydroxylation is 1. The van der Waals surface area contributed by atoms with Gasteiger partial charge in [0, 0.05) is 25.4 Å². The van der Waals surface area contributed by atoms with Crippen LogP contribution in [0.25, 0.3) is 0 Å². The van der Waals surface area contributed by atoms with Gasteiger partial charge in [0.15, 0.2) is 0 Å². The molecular weight excluding hydrogens is 466 g/mol. The summed E-state index contributed by atoms with van der Waals surface area (Å²) >= 11 is 0. The third kappa shape index (κ3) is 4.92. The smallest absolute Gasteiger partial charge is 0.246 e.